The van der Waals surface area contributed by atoms with Crippen LogP contribution in [0.2, 0.25) is 5.02 Å². The van der Waals surface area contributed by atoms with E-state index in [9.17, 15) is 4.79 Å². The lowest BCUT2D eigenvalue weighted by atomic mass is 10.2. The van der Waals surface area contributed by atoms with E-state index in [1.165, 1.54) is 11.3 Å². The molecule has 0 fully saturated rings. The molecule has 0 atom stereocenters. The highest BCUT2D eigenvalue weighted by Gasteiger charge is 2.17. The molecule has 0 aliphatic rings. The smallest absolute Gasteiger partial charge is 0.267 e. The van der Waals surface area contributed by atoms with Gasteiger partial charge in [0.15, 0.2) is 0 Å². The predicted octanol–water partition coefficient (Wildman–Crippen LogP) is 5.21. The zero-order valence-corrected chi connectivity index (χ0v) is 16.0. The summed E-state index contributed by atoms with van der Waals surface area (Å²) in [5.74, 6) is -0.183. The Morgan fingerprint density at radius 1 is 1.15 bits per heavy atom. The van der Waals surface area contributed by atoms with E-state index in [0.29, 0.717) is 21.3 Å². The minimum absolute atomic E-state index is 0.183. The number of anilines is 1. The van der Waals surface area contributed by atoms with Crippen molar-refractivity contribution in [2.24, 2.45) is 0 Å². The van der Waals surface area contributed by atoms with Gasteiger partial charge < -0.3 is 9.88 Å². The first-order valence-corrected chi connectivity index (χ1v) is 9.43. The number of hydrogen-bond acceptors (Lipinski definition) is 4. The lowest BCUT2D eigenvalue weighted by Gasteiger charge is -2.11. The van der Waals surface area contributed by atoms with Crippen LogP contribution in [-0.2, 0) is 0 Å². The van der Waals surface area contributed by atoms with Crippen LogP contribution in [0.4, 0.5) is 5.69 Å². The lowest BCUT2D eigenvalue weighted by molar-refractivity contribution is 0.103. The molecule has 0 saturated heterocycles. The molecule has 0 bridgehead atoms. The van der Waals surface area contributed by atoms with Gasteiger partial charge in [0.05, 0.1) is 23.4 Å². The average Bonchev–Trinajstić information content (AvgIpc) is 3.33. The Morgan fingerprint density at radius 2 is 1.93 bits per heavy atom. The van der Waals surface area contributed by atoms with Gasteiger partial charge in [-0.3, -0.25) is 4.79 Å². The van der Waals surface area contributed by atoms with Crippen LogP contribution in [-0.4, -0.2) is 20.4 Å². The number of thiazole rings is 1. The van der Waals surface area contributed by atoms with Gasteiger partial charge in [0.1, 0.15) is 9.88 Å². The van der Waals surface area contributed by atoms with E-state index in [0.717, 1.165) is 16.3 Å². The lowest BCUT2D eigenvalue weighted by Crippen LogP contribution is -2.13. The first kappa shape index (κ1) is 17.5. The zero-order valence-electron chi connectivity index (χ0n) is 14.4. The maximum atomic E-state index is 12.9. The van der Waals surface area contributed by atoms with Gasteiger partial charge in [-0.25, -0.2) is 9.97 Å². The second-order valence-corrected chi connectivity index (χ2v) is 7.32. The molecule has 1 amide bonds. The molecule has 0 radical (unpaired) electrons. The molecule has 2 heterocycles. The Labute approximate surface area is 165 Å². The van der Waals surface area contributed by atoms with Crippen molar-refractivity contribution < 1.29 is 4.79 Å². The first-order chi connectivity index (χ1) is 13.1. The number of aryl methyl sites for hydroxylation is 1. The van der Waals surface area contributed by atoms with Gasteiger partial charge in [0.2, 0.25) is 0 Å². The molecule has 4 aromatic rings. The van der Waals surface area contributed by atoms with Crippen molar-refractivity contribution >= 4 is 34.5 Å². The van der Waals surface area contributed by atoms with Crippen molar-refractivity contribution in [3.05, 3.63) is 82.8 Å². The molecular formula is C20H15ClN4OS. The second kappa shape index (κ2) is 7.34. The molecule has 0 spiro atoms. The van der Waals surface area contributed by atoms with Crippen LogP contribution in [0.1, 0.15) is 15.4 Å². The van der Waals surface area contributed by atoms with Gasteiger partial charge >= 0.3 is 0 Å². The largest absolute Gasteiger partial charge is 0.319 e. The number of hydrogen-bond donors (Lipinski definition) is 1. The van der Waals surface area contributed by atoms with E-state index in [1.807, 2.05) is 66.2 Å². The van der Waals surface area contributed by atoms with Crippen LogP contribution >= 0.6 is 22.9 Å². The number of halogens is 1. The van der Waals surface area contributed by atoms with E-state index in [4.69, 9.17) is 11.6 Å². The molecule has 5 nitrogen and oxygen atoms in total. The Balaban J connectivity index is 1.62. The van der Waals surface area contributed by atoms with E-state index < -0.39 is 0 Å². The fourth-order valence-electron chi connectivity index (χ4n) is 2.71. The maximum absolute atomic E-state index is 12.9. The van der Waals surface area contributed by atoms with Crippen LogP contribution in [0, 0.1) is 6.92 Å². The average molecular weight is 395 g/mol. The number of rotatable bonds is 4. The number of benzene rings is 2. The Kier molecular flexibility index (Phi) is 4.75. The Bertz CT molecular complexity index is 1090. The van der Waals surface area contributed by atoms with Crippen molar-refractivity contribution in [2.45, 2.75) is 6.92 Å². The standard InChI is InChI=1S/C20H15ClN4OS/c1-13-18(27-20(23-13)14-6-8-15(21)9-7-14)19(26)24-16-4-2-3-5-17(16)25-11-10-22-12-25/h2-12H,1H3,(H,24,26). The van der Waals surface area contributed by atoms with Gasteiger partial charge in [0.25, 0.3) is 5.91 Å². The third-order valence-corrected chi connectivity index (χ3v) is 5.49. The van der Waals surface area contributed by atoms with Crippen LogP contribution in [0.3, 0.4) is 0 Å². The topological polar surface area (TPSA) is 59.8 Å². The minimum Gasteiger partial charge on any atom is -0.319 e. The van der Waals surface area contributed by atoms with Crippen LogP contribution in [0.25, 0.3) is 16.3 Å². The van der Waals surface area contributed by atoms with E-state index in [1.54, 1.807) is 12.5 Å². The highest BCUT2D eigenvalue weighted by atomic mass is 35.5. The summed E-state index contributed by atoms with van der Waals surface area (Å²) in [6.45, 7) is 1.84. The predicted molar refractivity (Wildman–Crippen MR) is 109 cm³/mol. The molecule has 0 saturated carbocycles. The molecule has 7 heteroatoms. The number of amides is 1. The summed E-state index contributed by atoms with van der Waals surface area (Å²) >= 11 is 7.31. The number of carbonyl (C=O) groups excluding carboxylic acids is 1. The van der Waals surface area contributed by atoms with Crippen LogP contribution in [0.5, 0.6) is 0 Å². The molecule has 0 aliphatic heterocycles. The van der Waals surface area contributed by atoms with Crippen molar-refractivity contribution in [3.8, 4) is 16.3 Å². The first-order valence-electron chi connectivity index (χ1n) is 8.24. The summed E-state index contributed by atoms with van der Waals surface area (Å²) in [5.41, 5.74) is 3.19. The number of para-hydroxylation sites is 2. The van der Waals surface area contributed by atoms with Crippen molar-refractivity contribution in [1.29, 1.82) is 0 Å². The second-order valence-electron chi connectivity index (χ2n) is 5.88. The minimum atomic E-state index is -0.183. The summed E-state index contributed by atoms with van der Waals surface area (Å²) in [5, 5.41) is 4.45. The summed E-state index contributed by atoms with van der Waals surface area (Å²) < 4.78 is 1.86. The number of imidazole rings is 1. The van der Waals surface area contributed by atoms with Gasteiger partial charge in [-0.1, -0.05) is 35.9 Å². The van der Waals surface area contributed by atoms with Gasteiger partial charge in [-0.05, 0) is 31.2 Å². The summed E-state index contributed by atoms with van der Waals surface area (Å²) in [6, 6.07) is 15.0. The maximum Gasteiger partial charge on any atom is 0.267 e. The number of nitrogens with zero attached hydrogens (tertiary/aromatic N) is 3. The summed E-state index contributed by atoms with van der Waals surface area (Å²) in [7, 11) is 0. The number of aromatic nitrogens is 3. The SMILES string of the molecule is Cc1nc(-c2ccc(Cl)cc2)sc1C(=O)Nc1ccccc1-n1ccnc1. The third kappa shape index (κ3) is 3.63. The molecule has 1 N–H and O–H groups in total. The molecule has 4 rings (SSSR count). The fourth-order valence-corrected chi connectivity index (χ4v) is 3.80. The third-order valence-electron chi connectivity index (χ3n) is 4.03. The molecule has 0 aliphatic carbocycles. The van der Waals surface area contributed by atoms with Gasteiger partial charge in [0, 0.05) is 23.0 Å². The molecule has 134 valence electrons. The van der Waals surface area contributed by atoms with Crippen LogP contribution in [0.15, 0.2) is 67.3 Å². The Hall–Kier alpha value is -2.96. The van der Waals surface area contributed by atoms with Crippen molar-refractivity contribution in [3.63, 3.8) is 0 Å². The van der Waals surface area contributed by atoms with E-state index in [2.05, 4.69) is 15.3 Å². The number of nitrogens with one attached hydrogen (secondary N) is 1. The Morgan fingerprint density at radius 3 is 2.67 bits per heavy atom. The fraction of sp³-hybridized carbons (Fsp3) is 0.0500. The van der Waals surface area contributed by atoms with Gasteiger partial charge in [-0.15, -0.1) is 11.3 Å². The number of carbonyl (C=O) groups is 1. The monoisotopic (exact) mass is 394 g/mol. The van der Waals surface area contributed by atoms with E-state index in [-0.39, 0.29) is 5.91 Å². The molecule has 2 aromatic heterocycles. The summed E-state index contributed by atoms with van der Waals surface area (Å²) in [6.07, 6.45) is 5.23. The normalized spacial score (nSPS) is 10.7. The van der Waals surface area contributed by atoms with Crippen LogP contribution < -0.4 is 5.32 Å². The van der Waals surface area contributed by atoms with Crippen molar-refractivity contribution in [1.82, 2.24) is 14.5 Å². The zero-order chi connectivity index (χ0) is 18.8. The molecule has 2 aromatic carbocycles. The quantitative estimate of drug-likeness (QED) is 0.516. The highest BCUT2D eigenvalue weighted by molar-refractivity contribution is 7.17. The summed E-state index contributed by atoms with van der Waals surface area (Å²) in [4.78, 5) is 22.1. The molecule has 0 unspecified atom stereocenters. The van der Waals surface area contributed by atoms with Crippen molar-refractivity contribution in [2.75, 3.05) is 5.32 Å². The van der Waals surface area contributed by atoms with E-state index >= 15 is 0 Å². The van der Waals surface area contributed by atoms with Gasteiger partial charge in [-0.2, -0.15) is 0 Å². The molecular weight excluding hydrogens is 380 g/mol. The highest BCUT2D eigenvalue weighted by Crippen LogP contribution is 2.30. The molecule has 27 heavy (non-hydrogen) atoms.